The third-order valence-electron chi connectivity index (χ3n) is 6.04. The van der Waals surface area contributed by atoms with E-state index in [1.807, 2.05) is 55.7 Å². The first kappa shape index (κ1) is 22.0. The molecule has 0 saturated carbocycles. The molecule has 1 saturated heterocycles. The van der Waals surface area contributed by atoms with E-state index in [1.54, 1.807) is 0 Å². The third-order valence-corrected chi connectivity index (χ3v) is 6.04. The van der Waals surface area contributed by atoms with Crippen molar-refractivity contribution in [2.75, 3.05) is 25.0 Å². The Morgan fingerprint density at radius 1 is 1.06 bits per heavy atom. The quantitative estimate of drug-likeness (QED) is 0.385. The highest BCUT2D eigenvalue weighted by molar-refractivity contribution is 5.90. The first-order valence-electron chi connectivity index (χ1n) is 11.8. The number of nitrogens with zero attached hydrogens (tertiary/aromatic N) is 2. The van der Waals surface area contributed by atoms with E-state index in [0.29, 0.717) is 12.6 Å². The second-order valence-electron chi connectivity index (χ2n) is 8.44. The molecule has 5 rings (SSSR count). The number of imidazole rings is 1. The summed E-state index contributed by atoms with van der Waals surface area (Å²) in [5, 5.41) is 8.97. The van der Waals surface area contributed by atoms with Gasteiger partial charge in [0.05, 0.1) is 11.9 Å². The van der Waals surface area contributed by atoms with Crippen LogP contribution >= 0.6 is 0 Å². The number of nitrogens with one attached hydrogen (secondary N) is 3. The fourth-order valence-electron chi connectivity index (χ4n) is 4.30. The van der Waals surface area contributed by atoms with Crippen LogP contribution in [0.5, 0.6) is 5.75 Å². The van der Waals surface area contributed by atoms with Gasteiger partial charge in [0.15, 0.2) is 0 Å². The van der Waals surface area contributed by atoms with Gasteiger partial charge in [-0.05, 0) is 80.4 Å². The molecule has 2 aromatic carbocycles. The number of anilines is 1. The third kappa shape index (κ3) is 4.89. The largest absolute Gasteiger partial charge is 0.490 e. The van der Waals surface area contributed by atoms with Crippen LogP contribution in [0.25, 0.3) is 28.0 Å². The summed E-state index contributed by atoms with van der Waals surface area (Å²) < 4.78 is 8.19. The second-order valence-corrected chi connectivity index (χ2v) is 8.44. The van der Waals surface area contributed by atoms with Crippen molar-refractivity contribution in [2.24, 2.45) is 0 Å². The molecular formula is C27H29N5O2. The predicted octanol–water partition coefficient (Wildman–Crippen LogP) is 4.94. The molecule has 0 radical (unpaired) electrons. The van der Waals surface area contributed by atoms with Crippen LogP contribution in [0, 0.1) is 0 Å². The van der Waals surface area contributed by atoms with Gasteiger partial charge in [-0.2, -0.15) is 0 Å². The number of urea groups is 1. The van der Waals surface area contributed by atoms with E-state index in [0.717, 1.165) is 65.4 Å². The van der Waals surface area contributed by atoms with Crippen molar-refractivity contribution in [1.29, 1.82) is 0 Å². The van der Waals surface area contributed by atoms with Gasteiger partial charge in [-0.1, -0.05) is 24.3 Å². The minimum absolute atomic E-state index is 0.213. The van der Waals surface area contributed by atoms with E-state index in [2.05, 4.69) is 49.6 Å². The summed E-state index contributed by atoms with van der Waals surface area (Å²) in [4.78, 5) is 16.5. The SMILES string of the molecule is CCNC(=O)Nc1cccc(-c2cnc3cc(-c4ccc(OC5CCNCC5)cc4)ccn23)c1. The fraction of sp³-hybridized carbons (Fsp3) is 0.259. The maximum atomic E-state index is 11.9. The van der Waals surface area contributed by atoms with Crippen molar-refractivity contribution in [2.45, 2.75) is 25.9 Å². The van der Waals surface area contributed by atoms with E-state index in [-0.39, 0.29) is 6.03 Å². The Morgan fingerprint density at radius 2 is 1.88 bits per heavy atom. The number of rotatable bonds is 6. The van der Waals surface area contributed by atoms with Crippen LogP contribution < -0.4 is 20.7 Å². The van der Waals surface area contributed by atoms with Gasteiger partial charge in [-0.3, -0.25) is 4.40 Å². The van der Waals surface area contributed by atoms with Crippen molar-refractivity contribution < 1.29 is 9.53 Å². The molecule has 7 heteroatoms. The topological polar surface area (TPSA) is 79.7 Å². The van der Waals surface area contributed by atoms with Crippen molar-refractivity contribution in [1.82, 2.24) is 20.0 Å². The summed E-state index contributed by atoms with van der Waals surface area (Å²) in [6.45, 7) is 4.50. The lowest BCUT2D eigenvalue weighted by molar-refractivity contribution is 0.162. The second kappa shape index (κ2) is 9.97. The van der Waals surface area contributed by atoms with Crippen molar-refractivity contribution >= 4 is 17.4 Å². The van der Waals surface area contributed by atoms with E-state index in [1.165, 1.54) is 0 Å². The molecule has 0 unspecified atom stereocenters. The summed E-state index contributed by atoms with van der Waals surface area (Å²) in [6.07, 6.45) is 6.29. The molecule has 4 aromatic rings. The molecule has 1 aliphatic rings. The molecule has 2 aromatic heterocycles. The highest BCUT2D eigenvalue weighted by Gasteiger charge is 2.14. The minimum Gasteiger partial charge on any atom is -0.490 e. The highest BCUT2D eigenvalue weighted by atomic mass is 16.5. The number of ether oxygens (including phenoxy) is 1. The zero-order valence-corrected chi connectivity index (χ0v) is 19.3. The summed E-state index contributed by atoms with van der Waals surface area (Å²) in [6, 6.07) is 20.0. The lowest BCUT2D eigenvalue weighted by Crippen LogP contribution is -2.34. The molecule has 0 spiro atoms. The van der Waals surface area contributed by atoms with Gasteiger partial charge >= 0.3 is 6.03 Å². The molecular weight excluding hydrogens is 426 g/mol. The average molecular weight is 456 g/mol. The van der Waals surface area contributed by atoms with Gasteiger partial charge in [-0.15, -0.1) is 0 Å². The van der Waals surface area contributed by atoms with Crippen molar-refractivity contribution in [3.05, 3.63) is 73.1 Å². The maximum Gasteiger partial charge on any atom is 0.319 e. The normalized spacial score (nSPS) is 14.1. The number of hydrogen-bond acceptors (Lipinski definition) is 4. The molecule has 3 N–H and O–H groups in total. The number of aromatic nitrogens is 2. The zero-order valence-electron chi connectivity index (χ0n) is 19.3. The van der Waals surface area contributed by atoms with Crippen LogP contribution in [0.4, 0.5) is 10.5 Å². The van der Waals surface area contributed by atoms with Gasteiger partial charge in [0.2, 0.25) is 0 Å². The molecule has 0 aliphatic carbocycles. The number of carbonyl (C=O) groups excluding carboxylic acids is 1. The Morgan fingerprint density at radius 3 is 2.68 bits per heavy atom. The summed E-state index contributed by atoms with van der Waals surface area (Å²) >= 11 is 0. The van der Waals surface area contributed by atoms with Gasteiger partial charge in [0.1, 0.15) is 17.5 Å². The molecule has 1 fully saturated rings. The van der Waals surface area contributed by atoms with E-state index in [4.69, 9.17) is 4.74 Å². The molecule has 2 amide bonds. The van der Waals surface area contributed by atoms with Gasteiger partial charge in [-0.25, -0.2) is 9.78 Å². The summed E-state index contributed by atoms with van der Waals surface area (Å²) in [5.74, 6) is 0.918. The Balaban J connectivity index is 1.34. The van der Waals surface area contributed by atoms with E-state index < -0.39 is 0 Å². The number of piperidine rings is 1. The summed E-state index contributed by atoms with van der Waals surface area (Å²) in [5.41, 5.74) is 5.77. The Bertz CT molecular complexity index is 1280. The zero-order chi connectivity index (χ0) is 23.3. The number of hydrogen-bond donors (Lipinski definition) is 3. The minimum atomic E-state index is -0.213. The maximum absolute atomic E-state index is 11.9. The fourth-order valence-corrected chi connectivity index (χ4v) is 4.30. The van der Waals surface area contributed by atoms with Crippen LogP contribution in [0.3, 0.4) is 0 Å². The smallest absolute Gasteiger partial charge is 0.319 e. The average Bonchev–Trinajstić information content (AvgIpc) is 3.29. The predicted molar refractivity (Wildman–Crippen MR) is 135 cm³/mol. The molecule has 0 bridgehead atoms. The summed E-state index contributed by atoms with van der Waals surface area (Å²) in [7, 11) is 0. The molecule has 3 heterocycles. The molecule has 174 valence electrons. The standard InChI is InChI=1S/C27H29N5O2/c1-2-29-27(33)31-22-5-3-4-21(16-22)25-18-30-26-17-20(12-15-32(25)26)19-6-8-23(9-7-19)34-24-10-13-28-14-11-24/h3-9,12,15-18,24,28H,2,10-11,13-14H2,1H3,(H2,29,31,33). The molecule has 0 atom stereocenters. The monoisotopic (exact) mass is 455 g/mol. The lowest BCUT2D eigenvalue weighted by atomic mass is 10.1. The molecule has 34 heavy (non-hydrogen) atoms. The van der Waals surface area contributed by atoms with Crippen LogP contribution in [0.2, 0.25) is 0 Å². The Kier molecular flexibility index (Phi) is 6.44. The van der Waals surface area contributed by atoms with Gasteiger partial charge in [0.25, 0.3) is 0 Å². The highest BCUT2D eigenvalue weighted by Crippen LogP contribution is 2.28. The number of fused-ring (bicyclic) bond motifs is 1. The first-order valence-corrected chi connectivity index (χ1v) is 11.8. The van der Waals surface area contributed by atoms with Crippen molar-refractivity contribution in [3.63, 3.8) is 0 Å². The van der Waals surface area contributed by atoms with Gasteiger partial charge < -0.3 is 20.7 Å². The lowest BCUT2D eigenvalue weighted by Gasteiger charge is -2.23. The number of carbonyl (C=O) groups is 1. The van der Waals surface area contributed by atoms with Crippen LogP contribution in [0.15, 0.2) is 73.1 Å². The van der Waals surface area contributed by atoms with Crippen molar-refractivity contribution in [3.8, 4) is 28.1 Å². The Hall–Kier alpha value is -3.84. The number of amides is 2. The first-order chi connectivity index (χ1) is 16.7. The molecule has 7 nitrogen and oxygen atoms in total. The van der Waals surface area contributed by atoms with Crippen LogP contribution in [-0.4, -0.2) is 41.2 Å². The van der Waals surface area contributed by atoms with Crippen LogP contribution in [-0.2, 0) is 0 Å². The van der Waals surface area contributed by atoms with E-state index >= 15 is 0 Å². The number of pyridine rings is 1. The number of benzene rings is 2. The molecule has 1 aliphatic heterocycles. The van der Waals surface area contributed by atoms with Crippen LogP contribution in [0.1, 0.15) is 19.8 Å². The Labute approximate surface area is 199 Å². The van der Waals surface area contributed by atoms with Gasteiger partial charge in [0, 0.05) is 24.0 Å². The van der Waals surface area contributed by atoms with E-state index in [9.17, 15) is 4.79 Å².